The van der Waals surface area contributed by atoms with E-state index in [-0.39, 0.29) is 6.61 Å². The number of para-hydroxylation sites is 2. The van der Waals surface area contributed by atoms with E-state index in [0.717, 1.165) is 26.5 Å². The van der Waals surface area contributed by atoms with Crippen LogP contribution in [-0.2, 0) is 16.1 Å². The minimum atomic E-state index is -0.402. The number of carbonyl (C=O) groups is 1. The lowest BCUT2D eigenvalue weighted by molar-refractivity contribution is -0.138. The highest BCUT2D eigenvalue weighted by Crippen LogP contribution is 2.22. The molecule has 0 saturated heterocycles. The number of hydrogen-bond acceptors (Lipinski definition) is 5. The second kappa shape index (κ2) is 7.75. The molecular weight excluding hydrogens is 322 g/mol. The van der Waals surface area contributed by atoms with Crippen LogP contribution in [0.15, 0.2) is 54.6 Å². The number of carbonyl (C=O) groups excluding carboxylic acids is 1. The third-order valence-corrected chi connectivity index (χ3v) is 4.32. The minimum Gasteiger partial charge on any atom is -0.493 e. The van der Waals surface area contributed by atoms with Gasteiger partial charge in [0.1, 0.15) is 17.4 Å². The van der Waals surface area contributed by atoms with Crippen LogP contribution in [0.4, 0.5) is 0 Å². The third-order valence-electron chi connectivity index (χ3n) is 3.31. The SMILES string of the molecule is CCOc1ccccc1COC(=O)/C=C/c1nc2ccccc2s1. The van der Waals surface area contributed by atoms with Crippen LogP contribution in [0.1, 0.15) is 17.5 Å². The molecule has 0 saturated carbocycles. The van der Waals surface area contributed by atoms with E-state index in [1.54, 1.807) is 6.08 Å². The largest absolute Gasteiger partial charge is 0.493 e. The van der Waals surface area contributed by atoms with Gasteiger partial charge in [-0.15, -0.1) is 11.3 Å². The van der Waals surface area contributed by atoms with Gasteiger partial charge in [0.05, 0.1) is 16.8 Å². The summed E-state index contributed by atoms with van der Waals surface area (Å²) < 4.78 is 11.9. The molecule has 0 aliphatic heterocycles. The van der Waals surface area contributed by atoms with Crippen LogP contribution in [0.5, 0.6) is 5.75 Å². The molecule has 4 nitrogen and oxygen atoms in total. The summed E-state index contributed by atoms with van der Waals surface area (Å²) in [6.45, 7) is 2.67. The van der Waals surface area contributed by atoms with Gasteiger partial charge in [-0.1, -0.05) is 30.3 Å². The highest BCUT2D eigenvalue weighted by Gasteiger charge is 2.06. The van der Waals surface area contributed by atoms with Crippen LogP contribution >= 0.6 is 11.3 Å². The van der Waals surface area contributed by atoms with Gasteiger partial charge in [-0.25, -0.2) is 9.78 Å². The molecule has 3 aromatic rings. The monoisotopic (exact) mass is 339 g/mol. The van der Waals surface area contributed by atoms with Crippen molar-refractivity contribution >= 4 is 33.6 Å². The van der Waals surface area contributed by atoms with Crippen molar-refractivity contribution in [2.45, 2.75) is 13.5 Å². The van der Waals surface area contributed by atoms with E-state index >= 15 is 0 Å². The van der Waals surface area contributed by atoms with E-state index in [1.807, 2.05) is 55.5 Å². The molecule has 0 amide bonds. The van der Waals surface area contributed by atoms with Crippen LogP contribution < -0.4 is 4.74 Å². The first-order valence-corrected chi connectivity index (χ1v) is 8.49. The number of esters is 1. The lowest BCUT2D eigenvalue weighted by Gasteiger charge is -2.09. The van der Waals surface area contributed by atoms with Gasteiger partial charge < -0.3 is 9.47 Å². The van der Waals surface area contributed by atoms with Crippen molar-refractivity contribution in [3.8, 4) is 5.75 Å². The first kappa shape index (κ1) is 16.2. The fourth-order valence-corrected chi connectivity index (χ4v) is 3.09. The van der Waals surface area contributed by atoms with Crippen molar-refractivity contribution in [2.75, 3.05) is 6.61 Å². The molecule has 3 rings (SSSR count). The zero-order valence-electron chi connectivity index (χ0n) is 13.3. The molecule has 0 bridgehead atoms. The zero-order chi connectivity index (χ0) is 16.8. The van der Waals surface area contributed by atoms with Crippen LogP contribution in [-0.4, -0.2) is 17.6 Å². The maximum atomic E-state index is 11.9. The topological polar surface area (TPSA) is 48.4 Å². The van der Waals surface area contributed by atoms with Gasteiger partial charge in [-0.2, -0.15) is 0 Å². The molecule has 1 aromatic heterocycles. The molecule has 0 aliphatic rings. The van der Waals surface area contributed by atoms with E-state index in [2.05, 4.69) is 4.98 Å². The number of ether oxygens (including phenoxy) is 2. The standard InChI is InChI=1S/C19H17NO3S/c1-2-22-16-9-5-3-7-14(16)13-23-19(21)12-11-18-20-15-8-4-6-10-17(15)24-18/h3-12H,2,13H2,1H3/b12-11+. The molecule has 0 unspecified atom stereocenters. The molecule has 0 radical (unpaired) electrons. The fourth-order valence-electron chi connectivity index (χ4n) is 2.22. The fraction of sp³-hybridized carbons (Fsp3) is 0.158. The van der Waals surface area contributed by atoms with Gasteiger partial charge >= 0.3 is 5.97 Å². The lowest BCUT2D eigenvalue weighted by Crippen LogP contribution is -2.03. The molecule has 0 fully saturated rings. The predicted octanol–water partition coefficient (Wildman–Crippen LogP) is 4.45. The summed E-state index contributed by atoms with van der Waals surface area (Å²) in [5, 5.41) is 0.780. The second-order valence-electron chi connectivity index (χ2n) is 5.00. The van der Waals surface area contributed by atoms with E-state index in [0.29, 0.717) is 6.61 Å². The number of nitrogens with zero attached hydrogens (tertiary/aromatic N) is 1. The quantitative estimate of drug-likeness (QED) is 0.492. The summed E-state index contributed by atoms with van der Waals surface area (Å²) in [6, 6.07) is 15.4. The Morgan fingerprint density at radius 1 is 1.17 bits per heavy atom. The van der Waals surface area contributed by atoms with Crippen molar-refractivity contribution in [3.05, 3.63) is 65.2 Å². The highest BCUT2D eigenvalue weighted by atomic mass is 32.1. The Bertz CT molecular complexity index is 837. The summed E-state index contributed by atoms with van der Waals surface area (Å²) in [5.41, 5.74) is 1.78. The summed E-state index contributed by atoms with van der Waals surface area (Å²) in [5.74, 6) is 0.337. The van der Waals surface area contributed by atoms with Gasteiger partial charge in [0, 0.05) is 11.6 Å². The highest BCUT2D eigenvalue weighted by molar-refractivity contribution is 7.19. The Hall–Kier alpha value is -2.66. The second-order valence-corrected chi connectivity index (χ2v) is 6.06. The zero-order valence-corrected chi connectivity index (χ0v) is 14.1. The molecule has 2 aromatic carbocycles. The van der Waals surface area contributed by atoms with Crippen LogP contribution in [0.3, 0.4) is 0 Å². The third kappa shape index (κ3) is 4.00. The average molecular weight is 339 g/mol. The van der Waals surface area contributed by atoms with Crippen molar-refractivity contribution in [1.29, 1.82) is 0 Å². The molecule has 0 atom stereocenters. The Labute approximate surface area is 144 Å². The molecule has 24 heavy (non-hydrogen) atoms. The number of rotatable bonds is 6. The van der Waals surface area contributed by atoms with E-state index in [1.165, 1.54) is 17.4 Å². The van der Waals surface area contributed by atoms with Crippen molar-refractivity contribution in [1.82, 2.24) is 4.98 Å². The summed E-state index contributed by atoms with van der Waals surface area (Å²) in [4.78, 5) is 16.3. The van der Waals surface area contributed by atoms with Gasteiger partial charge in [0.25, 0.3) is 0 Å². The van der Waals surface area contributed by atoms with Crippen molar-refractivity contribution in [3.63, 3.8) is 0 Å². The van der Waals surface area contributed by atoms with Gasteiger partial charge in [-0.3, -0.25) is 0 Å². The Kier molecular flexibility index (Phi) is 5.23. The molecule has 1 heterocycles. The smallest absolute Gasteiger partial charge is 0.331 e. The maximum absolute atomic E-state index is 11.9. The van der Waals surface area contributed by atoms with Gasteiger partial charge in [-0.05, 0) is 31.2 Å². The van der Waals surface area contributed by atoms with E-state index < -0.39 is 5.97 Å². The number of benzene rings is 2. The number of fused-ring (bicyclic) bond motifs is 1. The van der Waals surface area contributed by atoms with Gasteiger partial charge in [0.15, 0.2) is 0 Å². The average Bonchev–Trinajstić information content (AvgIpc) is 3.02. The van der Waals surface area contributed by atoms with Crippen molar-refractivity contribution in [2.24, 2.45) is 0 Å². The Morgan fingerprint density at radius 3 is 2.79 bits per heavy atom. The molecular formula is C19H17NO3S. The van der Waals surface area contributed by atoms with Gasteiger partial charge in [0.2, 0.25) is 0 Å². The van der Waals surface area contributed by atoms with Crippen LogP contribution in [0, 0.1) is 0 Å². The Morgan fingerprint density at radius 2 is 1.96 bits per heavy atom. The predicted molar refractivity (Wildman–Crippen MR) is 96.1 cm³/mol. The van der Waals surface area contributed by atoms with Crippen LogP contribution in [0.25, 0.3) is 16.3 Å². The molecule has 0 aliphatic carbocycles. The number of aromatic nitrogens is 1. The molecule has 0 spiro atoms. The normalized spacial score (nSPS) is 11.0. The maximum Gasteiger partial charge on any atom is 0.331 e. The number of thiazole rings is 1. The van der Waals surface area contributed by atoms with E-state index in [4.69, 9.17) is 9.47 Å². The molecule has 0 N–H and O–H groups in total. The summed E-state index contributed by atoms with van der Waals surface area (Å²) >= 11 is 1.54. The van der Waals surface area contributed by atoms with Crippen molar-refractivity contribution < 1.29 is 14.3 Å². The number of hydrogen-bond donors (Lipinski definition) is 0. The summed E-state index contributed by atoms with van der Waals surface area (Å²) in [7, 11) is 0. The molecule has 122 valence electrons. The van der Waals surface area contributed by atoms with Crippen LogP contribution in [0.2, 0.25) is 0 Å². The Balaban J connectivity index is 1.61. The first-order chi connectivity index (χ1) is 11.8. The molecule has 5 heteroatoms. The lowest BCUT2D eigenvalue weighted by atomic mass is 10.2. The van der Waals surface area contributed by atoms with E-state index in [9.17, 15) is 4.79 Å². The first-order valence-electron chi connectivity index (χ1n) is 7.67. The summed E-state index contributed by atoms with van der Waals surface area (Å²) in [6.07, 6.45) is 3.09. The minimum absolute atomic E-state index is 0.180.